The van der Waals surface area contributed by atoms with Gasteiger partial charge in [0.25, 0.3) is 0 Å². The molecular formula is C13H20N2O3S. The van der Waals surface area contributed by atoms with Gasteiger partial charge in [0.05, 0.1) is 11.5 Å². The van der Waals surface area contributed by atoms with Gasteiger partial charge in [0.1, 0.15) is 0 Å². The molecule has 0 radical (unpaired) electrons. The molecular weight excluding hydrogens is 264 g/mol. The molecule has 1 fully saturated rings. The molecule has 0 saturated carbocycles. The predicted octanol–water partition coefficient (Wildman–Crippen LogP) is 1.16. The molecule has 0 aliphatic carbocycles. The van der Waals surface area contributed by atoms with Gasteiger partial charge in [-0.25, -0.2) is 13.1 Å². The SMILES string of the molecule is CCC(N)c1cccc(S(=O)(=O)NC2CCOC2)c1. The lowest BCUT2D eigenvalue weighted by atomic mass is 10.1. The Hall–Kier alpha value is -0.950. The van der Waals surface area contributed by atoms with Crippen molar-refractivity contribution in [1.82, 2.24) is 4.72 Å². The van der Waals surface area contributed by atoms with Crippen molar-refractivity contribution in [2.24, 2.45) is 5.73 Å². The second kappa shape index (κ2) is 6.00. The number of rotatable bonds is 5. The molecule has 1 saturated heterocycles. The van der Waals surface area contributed by atoms with Crippen LogP contribution in [-0.4, -0.2) is 27.7 Å². The summed E-state index contributed by atoms with van der Waals surface area (Å²) in [6.07, 6.45) is 1.49. The van der Waals surface area contributed by atoms with Crippen LogP contribution < -0.4 is 10.5 Å². The van der Waals surface area contributed by atoms with Gasteiger partial charge < -0.3 is 10.5 Å². The van der Waals surface area contributed by atoms with Crippen LogP contribution >= 0.6 is 0 Å². The Kier molecular flexibility index (Phi) is 4.57. The molecule has 0 amide bonds. The maximum atomic E-state index is 12.2. The first kappa shape index (κ1) is 14.5. The summed E-state index contributed by atoms with van der Waals surface area (Å²) >= 11 is 0. The Bertz CT molecular complexity index is 524. The Labute approximate surface area is 114 Å². The largest absolute Gasteiger partial charge is 0.380 e. The number of sulfonamides is 1. The van der Waals surface area contributed by atoms with E-state index >= 15 is 0 Å². The number of hydrogen-bond acceptors (Lipinski definition) is 4. The third kappa shape index (κ3) is 3.54. The number of nitrogens with one attached hydrogen (secondary N) is 1. The highest BCUT2D eigenvalue weighted by Gasteiger charge is 2.23. The minimum Gasteiger partial charge on any atom is -0.380 e. The van der Waals surface area contributed by atoms with Gasteiger partial charge in [0, 0.05) is 18.7 Å². The van der Waals surface area contributed by atoms with E-state index in [0.29, 0.717) is 19.6 Å². The topological polar surface area (TPSA) is 81.4 Å². The summed E-state index contributed by atoms with van der Waals surface area (Å²) < 4.78 is 32.3. The summed E-state index contributed by atoms with van der Waals surface area (Å²) in [5.74, 6) is 0. The molecule has 0 aromatic heterocycles. The van der Waals surface area contributed by atoms with E-state index in [1.54, 1.807) is 18.2 Å². The van der Waals surface area contributed by atoms with Crippen LogP contribution in [0.15, 0.2) is 29.2 Å². The minimum absolute atomic E-state index is 0.131. The smallest absolute Gasteiger partial charge is 0.240 e. The van der Waals surface area contributed by atoms with Crippen LogP contribution in [0.1, 0.15) is 31.4 Å². The van der Waals surface area contributed by atoms with E-state index in [1.807, 2.05) is 13.0 Å². The fourth-order valence-corrected chi connectivity index (χ4v) is 3.37. The standard InChI is InChI=1S/C13H20N2O3S/c1-2-13(14)10-4-3-5-12(8-10)19(16,17)15-11-6-7-18-9-11/h3-5,8,11,13,15H,2,6-7,9,14H2,1H3. The Morgan fingerprint density at radius 3 is 2.95 bits per heavy atom. The minimum atomic E-state index is -3.49. The number of ether oxygens (including phenoxy) is 1. The number of nitrogens with two attached hydrogens (primary N) is 1. The molecule has 19 heavy (non-hydrogen) atoms. The van der Waals surface area contributed by atoms with E-state index < -0.39 is 10.0 Å². The Balaban J connectivity index is 2.19. The fourth-order valence-electron chi connectivity index (χ4n) is 2.06. The first-order valence-electron chi connectivity index (χ1n) is 6.48. The van der Waals surface area contributed by atoms with Crippen molar-refractivity contribution in [1.29, 1.82) is 0 Å². The van der Waals surface area contributed by atoms with E-state index in [9.17, 15) is 8.42 Å². The third-order valence-electron chi connectivity index (χ3n) is 3.29. The maximum Gasteiger partial charge on any atom is 0.240 e. The summed E-state index contributed by atoms with van der Waals surface area (Å²) in [4.78, 5) is 0.265. The second-order valence-corrected chi connectivity index (χ2v) is 6.48. The van der Waals surface area contributed by atoms with Crippen molar-refractivity contribution >= 4 is 10.0 Å². The van der Waals surface area contributed by atoms with Crippen LogP contribution in [0.3, 0.4) is 0 Å². The van der Waals surface area contributed by atoms with Gasteiger partial charge in [-0.1, -0.05) is 19.1 Å². The summed E-state index contributed by atoms with van der Waals surface area (Å²) in [6, 6.07) is 6.55. The lowest BCUT2D eigenvalue weighted by molar-refractivity contribution is 0.192. The summed E-state index contributed by atoms with van der Waals surface area (Å²) in [5.41, 5.74) is 6.78. The zero-order valence-corrected chi connectivity index (χ0v) is 11.8. The highest BCUT2D eigenvalue weighted by molar-refractivity contribution is 7.89. The van der Waals surface area contributed by atoms with E-state index in [0.717, 1.165) is 12.0 Å². The van der Waals surface area contributed by atoms with Gasteiger partial charge in [-0.15, -0.1) is 0 Å². The molecule has 5 nitrogen and oxygen atoms in total. The predicted molar refractivity (Wildman–Crippen MR) is 73.2 cm³/mol. The van der Waals surface area contributed by atoms with Crippen molar-refractivity contribution in [3.05, 3.63) is 29.8 Å². The number of benzene rings is 1. The van der Waals surface area contributed by atoms with Gasteiger partial charge in [0.15, 0.2) is 0 Å². The first-order valence-corrected chi connectivity index (χ1v) is 7.97. The molecule has 2 unspecified atom stereocenters. The van der Waals surface area contributed by atoms with Crippen molar-refractivity contribution in [2.75, 3.05) is 13.2 Å². The first-order chi connectivity index (χ1) is 9.03. The molecule has 1 heterocycles. The Morgan fingerprint density at radius 1 is 1.53 bits per heavy atom. The van der Waals surface area contributed by atoms with Gasteiger partial charge in [-0.3, -0.25) is 0 Å². The van der Waals surface area contributed by atoms with E-state index in [-0.39, 0.29) is 17.0 Å². The van der Waals surface area contributed by atoms with Gasteiger partial charge >= 0.3 is 0 Å². The van der Waals surface area contributed by atoms with Gasteiger partial charge in [0.2, 0.25) is 10.0 Å². The van der Waals surface area contributed by atoms with Crippen LogP contribution in [0.4, 0.5) is 0 Å². The zero-order valence-electron chi connectivity index (χ0n) is 11.0. The highest BCUT2D eigenvalue weighted by Crippen LogP contribution is 2.19. The molecule has 0 spiro atoms. The quantitative estimate of drug-likeness (QED) is 0.850. The van der Waals surface area contributed by atoms with Crippen molar-refractivity contribution in [2.45, 2.75) is 36.7 Å². The van der Waals surface area contributed by atoms with Crippen LogP contribution in [0.2, 0.25) is 0 Å². The molecule has 106 valence electrons. The molecule has 1 aliphatic heterocycles. The second-order valence-electron chi connectivity index (χ2n) is 4.77. The van der Waals surface area contributed by atoms with Crippen LogP contribution in [0.5, 0.6) is 0 Å². The normalized spacial score (nSPS) is 21.5. The molecule has 3 N–H and O–H groups in total. The molecule has 0 bridgehead atoms. The lowest BCUT2D eigenvalue weighted by Crippen LogP contribution is -2.35. The summed E-state index contributed by atoms with van der Waals surface area (Å²) in [6.45, 7) is 3.02. The fraction of sp³-hybridized carbons (Fsp3) is 0.538. The summed E-state index contributed by atoms with van der Waals surface area (Å²) in [5, 5.41) is 0. The van der Waals surface area contributed by atoms with E-state index in [4.69, 9.17) is 10.5 Å². The van der Waals surface area contributed by atoms with Crippen LogP contribution in [-0.2, 0) is 14.8 Å². The van der Waals surface area contributed by atoms with Crippen molar-refractivity contribution in [3.63, 3.8) is 0 Å². The molecule has 1 aromatic rings. The molecule has 2 atom stereocenters. The van der Waals surface area contributed by atoms with E-state index in [1.165, 1.54) is 0 Å². The van der Waals surface area contributed by atoms with Crippen molar-refractivity contribution < 1.29 is 13.2 Å². The molecule has 1 aliphatic rings. The number of hydrogen-bond donors (Lipinski definition) is 2. The van der Waals surface area contributed by atoms with E-state index in [2.05, 4.69) is 4.72 Å². The molecule has 2 rings (SSSR count). The monoisotopic (exact) mass is 284 g/mol. The average Bonchev–Trinajstić information content (AvgIpc) is 2.90. The zero-order chi connectivity index (χ0) is 13.9. The third-order valence-corrected chi connectivity index (χ3v) is 4.81. The summed E-state index contributed by atoms with van der Waals surface area (Å²) in [7, 11) is -3.49. The van der Waals surface area contributed by atoms with Gasteiger partial charge in [-0.05, 0) is 30.5 Å². The lowest BCUT2D eigenvalue weighted by Gasteiger charge is -2.14. The molecule has 6 heteroatoms. The van der Waals surface area contributed by atoms with Gasteiger partial charge in [-0.2, -0.15) is 0 Å². The van der Waals surface area contributed by atoms with Crippen LogP contribution in [0, 0.1) is 0 Å². The molecule has 1 aromatic carbocycles. The Morgan fingerprint density at radius 2 is 2.32 bits per heavy atom. The van der Waals surface area contributed by atoms with Crippen LogP contribution in [0.25, 0.3) is 0 Å². The maximum absolute atomic E-state index is 12.2. The highest BCUT2D eigenvalue weighted by atomic mass is 32.2. The van der Waals surface area contributed by atoms with Crippen molar-refractivity contribution in [3.8, 4) is 0 Å². The average molecular weight is 284 g/mol.